The molecule has 108 valence electrons. The Hall–Kier alpha value is -1.01. The van der Waals surface area contributed by atoms with Gasteiger partial charge in [-0.15, -0.1) is 11.8 Å². The largest absolute Gasteiger partial charge is 1.00 e. The molecule has 2 heterocycles. The Morgan fingerprint density at radius 3 is 2.55 bits per heavy atom. The fourth-order valence-electron chi connectivity index (χ4n) is 2.83. The van der Waals surface area contributed by atoms with Gasteiger partial charge in [0.1, 0.15) is 5.69 Å². The Balaban J connectivity index is 0.00000176. The molecule has 1 unspecified atom stereocenters. The molecule has 1 atom stereocenters. The van der Waals surface area contributed by atoms with Crippen molar-refractivity contribution in [2.24, 2.45) is 0 Å². The first-order valence-electron chi connectivity index (χ1n) is 6.71. The molecule has 0 saturated heterocycles. The van der Waals surface area contributed by atoms with Crippen molar-refractivity contribution in [2.75, 3.05) is 6.26 Å². The Kier molecular flexibility index (Phi) is 5.55. The molecule has 0 bridgehead atoms. The second-order valence-electron chi connectivity index (χ2n) is 4.99. The summed E-state index contributed by atoms with van der Waals surface area (Å²) >= 11 is 1.46. The smallest absolute Gasteiger partial charge is 0.549 e. The number of benzene rings is 1. The molecule has 1 aromatic carbocycles. The SMILES string of the molecule is CSc1cc2n(c1C(=O)c1ccccc1)CCC2C(=O)[O-].[Na+]. The van der Waals surface area contributed by atoms with E-state index in [0.717, 1.165) is 4.90 Å². The maximum Gasteiger partial charge on any atom is 1.00 e. The number of carbonyl (C=O) groups excluding carboxylic acids is 2. The van der Waals surface area contributed by atoms with Crippen molar-refractivity contribution in [1.82, 2.24) is 4.57 Å². The average Bonchev–Trinajstić information content (AvgIpc) is 3.05. The number of hydrogen-bond acceptors (Lipinski definition) is 4. The van der Waals surface area contributed by atoms with Crippen LogP contribution in [0.25, 0.3) is 0 Å². The summed E-state index contributed by atoms with van der Waals surface area (Å²) < 4.78 is 1.83. The molecule has 3 rings (SSSR count). The molecule has 1 aromatic heterocycles. The van der Waals surface area contributed by atoms with E-state index in [1.165, 1.54) is 11.8 Å². The minimum atomic E-state index is -1.07. The maximum atomic E-state index is 12.7. The van der Waals surface area contributed by atoms with Gasteiger partial charge in [0.2, 0.25) is 5.78 Å². The third kappa shape index (κ3) is 2.91. The first-order valence-corrected chi connectivity index (χ1v) is 7.94. The van der Waals surface area contributed by atoms with Crippen LogP contribution in [0.4, 0.5) is 0 Å². The predicted molar refractivity (Wildman–Crippen MR) is 78.5 cm³/mol. The van der Waals surface area contributed by atoms with E-state index in [1.54, 1.807) is 12.1 Å². The van der Waals surface area contributed by atoms with Crippen LogP contribution >= 0.6 is 11.8 Å². The van der Waals surface area contributed by atoms with E-state index in [2.05, 4.69) is 0 Å². The third-order valence-electron chi connectivity index (χ3n) is 3.85. The van der Waals surface area contributed by atoms with E-state index < -0.39 is 11.9 Å². The van der Waals surface area contributed by atoms with E-state index in [4.69, 9.17) is 0 Å². The summed E-state index contributed by atoms with van der Waals surface area (Å²) in [4.78, 5) is 24.7. The molecule has 0 radical (unpaired) electrons. The summed E-state index contributed by atoms with van der Waals surface area (Å²) in [5.41, 5.74) is 1.89. The van der Waals surface area contributed by atoms with Gasteiger partial charge < -0.3 is 14.5 Å². The first-order chi connectivity index (χ1) is 10.1. The molecule has 0 fully saturated rings. The minimum absolute atomic E-state index is 0. The van der Waals surface area contributed by atoms with Crippen LogP contribution in [0, 0.1) is 0 Å². The van der Waals surface area contributed by atoms with Crippen LogP contribution in [-0.2, 0) is 11.3 Å². The Labute approximate surface area is 155 Å². The van der Waals surface area contributed by atoms with Crippen molar-refractivity contribution in [3.63, 3.8) is 0 Å². The number of ketones is 1. The standard InChI is InChI=1S/C16H15NO3S.Na/c1-21-13-9-12-11(16(19)20)7-8-17(12)14(13)15(18)10-5-3-2-4-6-10;/h2-6,9,11H,7-8H2,1H3,(H,19,20);/q;+1/p-1. The minimum Gasteiger partial charge on any atom is -0.549 e. The van der Waals surface area contributed by atoms with Gasteiger partial charge in [-0.25, -0.2) is 0 Å². The van der Waals surface area contributed by atoms with Gasteiger partial charge in [-0.05, 0) is 18.7 Å². The summed E-state index contributed by atoms with van der Waals surface area (Å²) in [5.74, 6) is -1.75. The van der Waals surface area contributed by atoms with Crippen molar-refractivity contribution >= 4 is 23.5 Å². The van der Waals surface area contributed by atoms with Crippen LogP contribution in [0.2, 0.25) is 0 Å². The van der Waals surface area contributed by atoms with E-state index >= 15 is 0 Å². The molecule has 0 N–H and O–H groups in total. The van der Waals surface area contributed by atoms with Gasteiger partial charge in [0.25, 0.3) is 0 Å². The number of thioether (sulfide) groups is 1. The van der Waals surface area contributed by atoms with Gasteiger partial charge in [0.15, 0.2) is 0 Å². The second-order valence-corrected chi connectivity index (χ2v) is 5.84. The van der Waals surface area contributed by atoms with Crippen molar-refractivity contribution < 1.29 is 44.3 Å². The van der Waals surface area contributed by atoms with E-state index in [9.17, 15) is 14.7 Å². The van der Waals surface area contributed by atoms with Crippen LogP contribution in [0.1, 0.15) is 34.1 Å². The zero-order chi connectivity index (χ0) is 15.0. The number of carboxylic acids is 1. The fourth-order valence-corrected chi connectivity index (χ4v) is 3.47. The molecule has 0 aliphatic carbocycles. The first kappa shape index (κ1) is 17.3. The zero-order valence-corrected chi connectivity index (χ0v) is 15.4. The van der Waals surface area contributed by atoms with E-state index in [0.29, 0.717) is 29.9 Å². The van der Waals surface area contributed by atoms with Crippen LogP contribution in [-0.4, -0.2) is 22.6 Å². The van der Waals surface area contributed by atoms with Gasteiger partial charge in [-0.1, -0.05) is 30.3 Å². The van der Waals surface area contributed by atoms with Gasteiger partial charge in [0, 0.05) is 28.6 Å². The molecule has 1 aliphatic rings. The number of carbonyl (C=O) groups is 2. The quantitative estimate of drug-likeness (QED) is 0.398. The summed E-state index contributed by atoms with van der Waals surface area (Å²) in [6, 6.07) is 10.9. The number of carboxylic acid groups (broad SMARTS) is 1. The Morgan fingerprint density at radius 2 is 1.95 bits per heavy atom. The third-order valence-corrected chi connectivity index (χ3v) is 4.60. The molecular formula is C16H14NNaO3S. The molecule has 0 saturated carbocycles. The summed E-state index contributed by atoms with van der Waals surface area (Å²) in [6.07, 6.45) is 2.38. The summed E-state index contributed by atoms with van der Waals surface area (Å²) in [6.45, 7) is 0.544. The zero-order valence-electron chi connectivity index (χ0n) is 12.5. The fraction of sp³-hybridized carbons (Fsp3) is 0.250. The van der Waals surface area contributed by atoms with Gasteiger partial charge in [0.05, 0.1) is 5.97 Å². The number of rotatable bonds is 4. The molecule has 1 aliphatic heterocycles. The molecule has 6 heteroatoms. The van der Waals surface area contributed by atoms with Crippen molar-refractivity contribution in [3.8, 4) is 0 Å². The number of aliphatic carboxylic acids is 1. The van der Waals surface area contributed by atoms with Crippen molar-refractivity contribution in [3.05, 3.63) is 53.3 Å². The van der Waals surface area contributed by atoms with Crippen molar-refractivity contribution in [2.45, 2.75) is 23.8 Å². The van der Waals surface area contributed by atoms with Gasteiger partial charge in [-0.2, -0.15) is 0 Å². The van der Waals surface area contributed by atoms with Crippen LogP contribution in [0.5, 0.6) is 0 Å². The number of fused-ring (bicyclic) bond motifs is 1. The topological polar surface area (TPSA) is 62.1 Å². The maximum absolute atomic E-state index is 12.7. The Bertz CT molecular complexity index is 712. The average molecular weight is 323 g/mol. The second kappa shape index (κ2) is 7.04. The molecule has 2 aromatic rings. The van der Waals surface area contributed by atoms with Gasteiger partial charge in [-0.3, -0.25) is 4.79 Å². The molecule has 4 nitrogen and oxygen atoms in total. The predicted octanol–water partition coefficient (Wildman–Crippen LogP) is -1.32. The number of hydrogen-bond donors (Lipinski definition) is 0. The van der Waals surface area contributed by atoms with Crippen LogP contribution in [0.15, 0.2) is 41.3 Å². The van der Waals surface area contributed by atoms with E-state index in [1.807, 2.05) is 35.1 Å². The number of nitrogens with zero attached hydrogens (tertiary/aromatic N) is 1. The Morgan fingerprint density at radius 1 is 1.27 bits per heavy atom. The summed E-state index contributed by atoms with van der Waals surface area (Å²) in [7, 11) is 0. The van der Waals surface area contributed by atoms with Crippen molar-refractivity contribution in [1.29, 1.82) is 0 Å². The van der Waals surface area contributed by atoms with Crippen LogP contribution < -0.4 is 34.7 Å². The van der Waals surface area contributed by atoms with Gasteiger partial charge >= 0.3 is 29.6 Å². The number of aromatic nitrogens is 1. The molecular weight excluding hydrogens is 309 g/mol. The van der Waals surface area contributed by atoms with E-state index in [-0.39, 0.29) is 35.3 Å². The normalized spacial score (nSPS) is 16.0. The monoisotopic (exact) mass is 323 g/mol. The summed E-state index contributed by atoms with van der Waals surface area (Å²) in [5, 5.41) is 11.2. The van der Waals surface area contributed by atoms with Crippen LogP contribution in [0.3, 0.4) is 0 Å². The molecule has 0 amide bonds. The molecule has 0 spiro atoms. The molecule has 22 heavy (non-hydrogen) atoms.